The third-order valence-corrected chi connectivity index (χ3v) is 3.81. The number of ether oxygens (including phenoxy) is 1. The Hall–Kier alpha value is -2.47. The molecule has 132 valence electrons. The van der Waals surface area contributed by atoms with Gasteiger partial charge in [0.2, 0.25) is 0 Å². The molecule has 0 N–H and O–H groups in total. The van der Waals surface area contributed by atoms with Crippen LogP contribution in [0.1, 0.15) is 22.3 Å². The van der Waals surface area contributed by atoms with E-state index in [-0.39, 0.29) is 25.1 Å². The monoisotopic (exact) mass is 367 g/mol. The molecule has 7 heteroatoms. The Bertz CT molecular complexity index is 765. The molecule has 1 amide bonds. The number of methoxy groups -OCH3 is 1. The standard InChI is InChI=1S/C18H16ClF2NO3/c1-25-17(23)8-9-22(11-12-2-5-14(19)6-3-12)18(24)13-4-7-15(20)16(21)10-13/h2-7,10H,8-9,11H2,1H3. The van der Waals surface area contributed by atoms with Crippen molar-refractivity contribution in [3.05, 3.63) is 70.2 Å². The molecular formula is C18H16ClF2NO3. The third kappa shape index (κ3) is 5.26. The molecule has 2 aromatic carbocycles. The molecule has 0 saturated heterocycles. The second-order valence-corrected chi connectivity index (χ2v) is 5.74. The van der Waals surface area contributed by atoms with E-state index >= 15 is 0 Å². The number of amides is 1. The van der Waals surface area contributed by atoms with Crippen molar-refractivity contribution >= 4 is 23.5 Å². The first-order valence-corrected chi connectivity index (χ1v) is 7.84. The van der Waals surface area contributed by atoms with E-state index in [1.807, 2.05) is 0 Å². The minimum Gasteiger partial charge on any atom is -0.469 e. The molecule has 4 nitrogen and oxygen atoms in total. The van der Waals surface area contributed by atoms with Gasteiger partial charge in [-0.1, -0.05) is 23.7 Å². The van der Waals surface area contributed by atoms with Crippen molar-refractivity contribution in [2.45, 2.75) is 13.0 Å². The van der Waals surface area contributed by atoms with Gasteiger partial charge in [-0.25, -0.2) is 8.78 Å². The number of hydrogen-bond acceptors (Lipinski definition) is 3. The van der Waals surface area contributed by atoms with Crippen LogP contribution in [0.3, 0.4) is 0 Å². The number of nitrogens with zero attached hydrogens (tertiary/aromatic N) is 1. The summed E-state index contributed by atoms with van der Waals surface area (Å²) in [6, 6.07) is 9.77. The molecule has 0 unspecified atom stereocenters. The highest BCUT2D eigenvalue weighted by molar-refractivity contribution is 6.30. The van der Waals surface area contributed by atoms with Gasteiger partial charge in [-0.3, -0.25) is 9.59 Å². The van der Waals surface area contributed by atoms with E-state index in [9.17, 15) is 18.4 Å². The molecule has 0 aromatic heterocycles. The highest BCUT2D eigenvalue weighted by Gasteiger charge is 2.19. The lowest BCUT2D eigenvalue weighted by molar-refractivity contribution is -0.140. The Kier molecular flexibility index (Phi) is 6.47. The average molecular weight is 368 g/mol. The van der Waals surface area contributed by atoms with Crippen LogP contribution in [0.2, 0.25) is 5.02 Å². The molecule has 0 aliphatic carbocycles. The van der Waals surface area contributed by atoms with Crippen molar-refractivity contribution in [1.29, 1.82) is 0 Å². The summed E-state index contributed by atoms with van der Waals surface area (Å²) >= 11 is 5.84. The van der Waals surface area contributed by atoms with Gasteiger partial charge in [0.15, 0.2) is 11.6 Å². The molecule has 0 saturated carbocycles. The molecule has 0 fully saturated rings. The fourth-order valence-electron chi connectivity index (χ4n) is 2.20. The molecule has 0 atom stereocenters. The Morgan fingerprint density at radius 1 is 1.08 bits per heavy atom. The fourth-order valence-corrected chi connectivity index (χ4v) is 2.33. The van der Waals surface area contributed by atoms with Crippen LogP contribution < -0.4 is 0 Å². The number of halogens is 3. The predicted molar refractivity (Wildman–Crippen MR) is 89.2 cm³/mol. The summed E-state index contributed by atoms with van der Waals surface area (Å²) in [5.41, 5.74) is 0.780. The van der Waals surface area contributed by atoms with Crippen molar-refractivity contribution < 1.29 is 23.1 Å². The molecule has 0 bridgehead atoms. The fraction of sp³-hybridized carbons (Fsp3) is 0.222. The first-order valence-electron chi connectivity index (χ1n) is 7.46. The first kappa shape index (κ1) is 18.9. The largest absolute Gasteiger partial charge is 0.469 e. The lowest BCUT2D eigenvalue weighted by Gasteiger charge is -2.22. The summed E-state index contributed by atoms with van der Waals surface area (Å²) < 4.78 is 31.1. The molecule has 0 aliphatic heterocycles. The van der Waals surface area contributed by atoms with Crippen LogP contribution in [0.25, 0.3) is 0 Å². The number of rotatable bonds is 6. The molecule has 2 aromatic rings. The molecule has 0 heterocycles. The molecule has 0 aliphatic rings. The number of benzene rings is 2. The number of esters is 1. The zero-order chi connectivity index (χ0) is 18.4. The maximum atomic E-state index is 13.4. The minimum absolute atomic E-state index is 0.00210. The van der Waals surface area contributed by atoms with Gasteiger partial charge in [-0.05, 0) is 35.9 Å². The van der Waals surface area contributed by atoms with Crippen molar-refractivity contribution in [2.75, 3.05) is 13.7 Å². The van der Waals surface area contributed by atoms with Crippen LogP contribution >= 0.6 is 11.6 Å². The SMILES string of the molecule is COC(=O)CCN(Cc1ccc(Cl)cc1)C(=O)c1ccc(F)c(F)c1. The second-order valence-electron chi connectivity index (χ2n) is 5.31. The van der Waals surface area contributed by atoms with E-state index < -0.39 is 23.5 Å². The van der Waals surface area contributed by atoms with Crippen LogP contribution in [0.15, 0.2) is 42.5 Å². The number of hydrogen-bond donors (Lipinski definition) is 0. The maximum absolute atomic E-state index is 13.4. The van der Waals surface area contributed by atoms with Crippen molar-refractivity contribution in [3.8, 4) is 0 Å². The molecule has 0 radical (unpaired) electrons. The van der Waals surface area contributed by atoms with Gasteiger partial charge < -0.3 is 9.64 Å². The smallest absolute Gasteiger partial charge is 0.307 e. The quantitative estimate of drug-likeness (QED) is 0.729. The van der Waals surface area contributed by atoms with Gasteiger partial charge in [0.25, 0.3) is 5.91 Å². The zero-order valence-corrected chi connectivity index (χ0v) is 14.2. The lowest BCUT2D eigenvalue weighted by atomic mass is 10.1. The normalized spacial score (nSPS) is 10.4. The van der Waals surface area contributed by atoms with E-state index in [4.69, 9.17) is 11.6 Å². The summed E-state index contributed by atoms with van der Waals surface area (Å²) in [4.78, 5) is 25.4. The topological polar surface area (TPSA) is 46.6 Å². The summed E-state index contributed by atoms with van der Waals surface area (Å²) in [6.45, 7) is 0.263. The van der Waals surface area contributed by atoms with Crippen LogP contribution in [-0.4, -0.2) is 30.4 Å². The van der Waals surface area contributed by atoms with Crippen LogP contribution in [-0.2, 0) is 16.1 Å². The minimum atomic E-state index is -1.11. The molecule has 2 rings (SSSR count). The molecular weight excluding hydrogens is 352 g/mol. The highest BCUT2D eigenvalue weighted by atomic mass is 35.5. The van der Waals surface area contributed by atoms with Crippen molar-refractivity contribution in [2.24, 2.45) is 0 Å². The third-order valence-electron chi connectivity index (χ3n) is 3.55. The Morgan fingerprint density at radius 3 is 2.36 bits per heavy atom. The van der Waals surface area contributed by atoms with Crippen LogP contribution in [0, 0.1) is 11.6 Å². The van der Waals surface area contributed by atoms with Gasteiger partial charge >= 0.3 is 5.97 Å². The summed E-state index contributed by atoms with van der Waals surface area (Å²) in [6.07, 6.45) is -0.0144. The molecule has 25 heavy (non-hydrogen) atoms. The van der Waals surface area contributed by atoms with Gasteiger partial charge in [-0.15, -0.1) is 0 Å². The van der Waals surface area contributed by atoms with Gasteiger partial charge in [0.05, 0.1) is 13.5 Å². The first-order chi connectivity index (χ1) is 11.9. The summed E-state index contributed by atoms with van der Waals surface area (Å²) in [5.74, 6) is -3.13. The van der Waals surface area contributed by atoms with Crippen molar-refractivity contribution in [3.63, 3.8) is 0 Å². The van der Waals surface area contributed by atoms with Gasteiger partial charge in [0, 0.05) is 23.7 Å². The Balaban J connectivity index is 2.22. The lowest BCUT2D eigenvalue weighted by Crippen LogP contribution is -2.33. The average Bonchev–Trinajstić information content (AvgIpc) is 2.61. The predicted octanol–water partition coefficient (Wildman–Crippen LogP) is 3.82. The second kappa shape index (κ2) is 8.58. The van der Waals surface area contributed by atoms with Gasteiger partial charge in [-0.2, -0.15) is 0 Å². The Labute approximate surface area is 149 Å². The number of carbonyl (C=O) groups excluding carboxylic acids is 2. The summed E-state index contributed by atoms with van der Waals surface area (Å²) in [5, 5.41) is 0.553. The maximum Gasteiger partial charge on any atom is 0.307 e. The van der Waals surface area contributed by atoms with E-state index in [1.165, 1.54) is 18.1 Å². The van der Waals surface area contributed by atoms with E-state index in [1.54, 1.807) is 24.3 Å². The van der Waals surface area contributed by atoms with Gasteiger partial charge in [0.1, 0.15) is 0 Å². The number of carbonyl (C=O) groups is 2. The molecule has 0 spiro atoms. The van der Waals surface area contributed by atoms with Crippen LogP contribution in [0.5, 0.6) is 0 Å². The van der Waals surface area contributed by atoms with Crippen LogP contribution in [0.4, 0.5) is 8.78 Å². The van der Waals surface area contributed by atoms with E-state index in [0.29, 0.717) is 5.02 Å². The Morgan fingerprint density at radius 2 is 1.76 bits per heavy atom. The zero-order valence-electron chi connectivity index (χ0n) is 13.5. The van der Waals surface area contributed by atoms with E-state index in [0.717, 1.165) is 17.7 Å². The van der Waals surface area contributed by atoms with Crippen molar-refractivity contribution in [1.82, 2.24) is 4.90 Å². The van der Waals surface area contributed by atoms with E-state index in [2.05, 4.69) is 4.74 Å². The highest BCUT2D eigenvalue weighted by Crippen LogP contribution is 2.16. The summed E-state index contributed by atoms with van der Waals surface area (Å²) in [7, 11) is 1.25.